The van der Waals surface area contributed by atoms with Crippen LogP contribution in [0.1, 0.15) is 23.0 Å². The Morgan fingerprint density at radius 3 is 2.52 bits per heavy atom. The van der Waals surface area contributed by atoms with Gasteiger partial charge >= 0.3 is 11.9 Å². The SMILES string of the molecule is COC(=O)c1cc2c(OC(C)=O)cc(OCc3ccccc3)cc2[nH]1. The lowest BCUT2D eigenvalue weighted by molar-refractivity contribution is -0.131. The molecule has 3 aromatic rings. The standard InChI is InChI=1S/C19H17NO5/c1-12(21)25-18-9-14(24-11-13-6-4-3-5-7-13)8-16-15(18)10-17(20-16)19(22)23-2/h3-10,20H,11H2,1-2H3. The summed E-state index contributed by atoms with van der Waals surface area (Å²) in [7, 11) is 1.30. The molecule has 0 aliphatic rings. The van der Waals surface area contributed by atoms with Crippen molar-refractivity contribution in [3.63, 3.8) is 0 Å². The molecule has 0 saturated heterocycles. The molecular formula is C19H17NO5. The Morgan fingerprint density at radius 1 is 1.08 bits per heavy atom. The zero-order valence-electron chi connectivity index (χ0n) is 13.9. The van der Waals surface area contributed by atoms with Gasteiger partial charge in [0.25, 0.3) is 0 Å². The zero-order chi connectivity index (χ0) is 17.8. The highest BCUT2D eigenvalue weighted by Crippen LogP contribution is 2.32. The highest BCUT2D eigenvalue weighted by Gasteiger charge is 2.15. The number of H-pyrrole nitrogens is 1. The topological polar surface area (TPSA) is 77.6 Å². The van der Waals surface area contributed by atoms with Gasteiger partial charge in [-0.3, -0.25) is 4.79 Å². The maximum Gasteiger partial charge on any atom is 0.354 e. The smallest absolute Gasteiger partial charge is 0.354 e. The first kappa shape index (κ1) is 16.6. The average molecular weight is 339 g/mol. The third-order valence-corrected chi connectivity index (χ3v) is 3.58. The molecule has 1 N–H and O–H groups in total. The van der Waals surface area contributed by atoms with E-state index in [1.54, 1.807) is 18.2 Å². The third kappa shape index (κ3) is 3.80. The van der Waals surface area contributed by atoms with E-state index in [-0.39, 0.29) is 5.69 Å². The van der Waals surface area contributed by atoms with Crippen molar-refractivity contribution in [1.29, 1.82) is 0 Å². The first-order chi connectivity index (χ1) is 12.1. The van der Waals surface area contributed by atoms with Gasteiger partial charge in [0.2, 0.25) is 0 Å². The van der Waals surface area contributed by atoms with E-state index < -0.39 is 11.9 Å². The number of rotatable bonds is 5. The van der Waals surface area contributed by atoms with Gasteiger partial charge in [-0.25, -0.2) is 4.79 Å². The molecular weight excluding hydrogens is 322 g/mol. The maximum absolute atomic E-state index is 11.7. The molecule has 0 amide bonds. The van der Waals surface area contributed by atoms with Crippen LogP contribution in [-0.4, -0.2) is 24.0 Å². The number of aromatic nitrogens is 1. The van der Waals surface area contributed by atoms with Gasteiger partial charge in [-0.2, -0.15) is 0 Å². The maximum atomic E-state index is 11.7. The Kier molecular flexibility index (Phi) is 4.70. The van der Waals surface area contributed by atoms with Crippen molar-refractivity contribution >= 4 is 22.8 Å². The van der Waals surface area contributed by atoms with Crippen LogP contribution in [0.4, 0.5) is 0 Å². The normalized spacial score (nSPS) is 10.5. The fourth-order valence-corrected chi connectivity index (χ4v) is 2.46. The van der Waals surface area contributed by atoms with Crippen LogP contribution >= 0.6 is 0 Å². The number of carbonyl (C=O) groups excluding carboxylic acids is 2. The van der Waals surface area contributed by atoms with E-state index in [2.05, 4.69) is 4.98 Å². The van der Waals surface area contributed by atoms with E-state index in [0.717, 1.165) is 5.56 Å². The summed E-state index contributed by atoms with van der Waals surface area (Å²) in [6, 6.07) is 14.7. The van der Waals surface area contributed by atoms with Crippen LogP contribution in [0.25, 0.3) is 10.9 Å². The molecule has 1 aromatic heterocycles. The molecule has 0 unspecified atom stereocenters. The Hall–Kier alpha value is -3.28. The highest BCUT2D eigenvalue weighted by molar-refractivity contribution is 5.98. The number of hydrogen-bond acceptors (Lipinski definition) is 5. The molecule has 6 heteroatoms. The number of methoxy groups -OCH3 is 1. The minimum atomic E-state index is -0.503. The molecule has 0 spiro atoms. The van der Waals surface area contributed by atoms with Crippen molar-refractivity contribution in [1.82, 2.24) is 4.98 Å². The number of aromatic amines is 1. The second-order valence-corrected chi connectivity index (χ2v) is 5.43. The van der Waals surface area contributed by atoms with Crippen LogP contribution < -0.4 is 9.47 Å². The fourth-order valence-electron chi connectivity index (χ4n) is 2.46. The zero-order valence-corrected chi connectivity index (χ0v) is 13.9. The number of fused-ring (bicyclic) bond motifs is 1. The minimum Gasteiger partial charge on any atom is -0.489 e. The molecule has 6 nitrogen and oxygen atoms in total. The molecule has 0 atom stereocenters. The summed E-state index contributed by atoms with van der Waals surface area (Å²) in [5, 5.41) is 0.600. The summed E-state index contributed by atoms with van der Waals surface area (Å²) < 4.78 is 15.8. The first-order valence-corrected chi connectivity index (χ1v) is 7.67. The molecule has 0 aliphatic carbocycles. The van der Waals surface area contributed by atoms with Gasteiger partial charge in [0.1, 0.15) is 23.8 Å². The van der Waals surface area contributed by atoms with Gasteiger partial charge in [0.05, 0.1) is 12.6 Å². The third-order valence-electron chi connectivity index (χ3n) is 3.58. The molecule has 128 valence electrons. The van der Waals surface area contributed by atoms with E-state index in [1.807, 2.05) is 30.3 Å². The molecule has 1 heterocycles. The number of hydrogen-bond donors (Lipinski definition) is 1. The van der Waals surface area contributed by atoms with Crippen molar-refractivity contribution in [3.05, 3.63) is 59.8 Å². The van der Waals surface area contributed by atoms with E-state index in [0.29, 0.717) is 29.0 Å². The predicted molar refractivity (Wildman–Crippen MR) is 91.7 cm³/mol. The minimum absolute atomic E-state index is 0.270. The molecule has 2 aromatic carbocycles. The molecule has 0 fully saturated rings. The fraction of sp³-hybridized carbons (Fsp3) is 0.158. The van der Waals surface area contributed by atoms with Crippen LogP contribution in [0.2, 0.25) is 0 Å². The predicted octanol–water partition coefficient (Wildman–Crippen LogP) is 3.46. The summed E-state index contributed by atoms with van der Waals surface area (Å²) in [5.41, 5.74) is 1.90. The van der Waals surface area contributed by atoms with E-state index >= 15 is 0 Å². The lowest BCUT2D eigenvalue weighted by Gasteiger charge is -2.09. The van der Waals surface area contributed by atoms with Crippen LogP contribution in [-0.2, 0) is 16.1 Å². The van der Waals surface area contributed by atoms with Crippen molar-refractivity contribution in [2.75, 3.05) is 7.11 Å². The van der Waals surface area contributed by atoms with Crippen molar-refractivity contribution in [2.45, 2.75) is 13.5 Å². The Labute approximate surface area is 144 Å². The Morgan fingerprint density at radius 2 is 1.84 bits per heavy atom. The second kappa shape index (κ2) is 7.09. The number of carbonyl (C=O) groups is 2. The van der Waals surface area contributed by atoms with Crippen LogP contribution in [0.5, 0.6) is 11.5 Å². The monoisotopic (exact) mass is 339 g/mol. The van der Waals surface area contributed by atoms with Crippen molar-refractivity contribution in [3.8, 4) is 11.5 Å². The lowest BCUT2D eigenvalue weighted by atomic mass is 10.2. The highest BCUT2D eigenvalue weighted by atomic mass is 16.5. The van der Waals surface area contributed by atoms with Crippen LogP contribution in [0.15, 0.2) is 48.5 Å². The Balaban J connectivity index is 1.95. The summed E-state index contributed by atoms with van der Waals surface area (Å²) in [5.74, 6) is -0.121. The van der Waals surface area contributed by atoms with Gasteiger partial charge in [-0.15, -0.1) is 0 Å². The first-order valence-electron chi connectivity index (χ1n) is 7.67. The molecule has 0 bridgehead atoms. The van der Waals surface area contributed by atoms with Gasteiger partial charge in [0.15, 0.2) is 0 Å². The van der Waals surface area contributed by atoms with Crippen LogP contribution in [0, 0.1) is 0 Å². The van der Waals surface area contributed by atoms with Crippen LogP contribution in [0.3, 0.4) is 0 Å². The van der Waals surface area contributed by atoms with Crippen molar-refractivity contribution < 1.29 is 23.8 Å². The molecule has 0 aliphatic heterocycles. The number of benzene rings is 2. The average Bonchev–Trinajstić information content (AvgIpc) is 3.04. The molecule has 3 rings (SSSR count). The van der Waals surface area contributed by atoms with Gasteiger partial charge in [-0.05, 0) is 11.6 Å². The van der Waals surface area contributed by atoms with E-state index in [9.17, 15) is 9.59 Å². The summed E-state index contributed by atoms with van der Waals surface area (Å²) in [6.07, 6.45) is 0. The van der Waals surface area contributed by atoms with Gasteiger partial charge in [-0.1, -0.05) is 30.3 Å². The lowest BCUT2D eigenvalue weighted by Crippen LogP contribution is -2.02. The van der Waals surface area contributed by atoms with E-state index in [1.165, 1.54) is 14.0 Å². The van der Waals surface area contributed by atoms with Gasteiger partial charge in [0, 0.05) is 24.4 Å². The van der Waals surface area contributed by atoms with E-state index in [4.69, 9.17) is 14.2 Å². The largest absolute Gasteiger partial charge is 0.489 e. The number of esters is 2. The summed E-state index contributed by atoms with van der Waals surface area (Å²) >= 11 is 0. The molecule has 25 heavy (non-hydrogen) atoms. The molecule has 0 radical (unpaired) electrons. The summed E-state index contributed by atoms with van der Waals surface area (Å²) in [4.78, 5) is 26.1. The molecule has 0 saturated carbocycles. The number of ether oxygens (including phenoxy) is 3. The quantitative estimate of drug-likeness (QED) is 0.569. The Bertz CT molecular complexity index is 914. The summed E-state index contributed by atoms with van der Waals surface area (Å²) in [6.45, 7) is 1.69. The number of nitrogens with one attached hydrogen (secondary N) is 1. The van der Waals surface area contributed by atoms with Gasteiger partial charge < -0.3 is 19.2 Å². The van der Waals surface area contributed by atoms with Crippen molar-refractivity contribution in [2.24, 2.45) is 0 Å². The second-order valence-electron chi connectivity index (χ2n) is 5.43.